The molecular formula is C35H32N2O8S. The van der Waals surface area contributed by atoms with Crippen LogP contribution >= 0.6 is 11.3 Å². The van der Waals surface area contributed by atoms with Crippen molar-refractivity contribution in [2.45, 2.75) is 26.8 Å². The molecule has 0 fully saturated rings. The summed E-state index contributed by atoms with van der Waals surface area (Å²) in [6.45, 7) is 5.56. The predicted octanol–water partition coefficient (Wildman–Crippen LogP) is 4.92. The second-order valence-corrected chi connectivity index (χ2v) is 11.1. The van der Waals surface area contributed by atoms with E-state index in [4.69, 9.17) is 19.0 Å². The molecule has 0 saturated heterocycles. The van der Waals surface area contributed by atoms with Gasteiger partial charge in [0, 0.05) is 23.8 Å². The lowest BCUT2D eigenvalue weighted by atomic mass is 9.90. The summed E-state index contributed by atoms with van der Waals surface area (Å²) in [6, 6.07) is 20.5. The first-order chi connectivity index (χ1) is 22.2. The highest BCUT2D eigenvalue weighted by atomic mass is 32.1. The van der Waals surface area contributed by atoms with Crippen molar-refractivity contribution in [1.82, 2.24) is 4.57 Å². The molecule has 46 heavy (non-hydrogen) atoms. The van der Waals surface area contributed by atoms with Crippen molar-refractivity contribution in [3.8, 4) is 17.1 Å². The summed E-state index contributed by atoms with van der Waals surface area (Å²) in [4.78, 5) is 44.0. The SMILES string of the molecule is CCO.CCOC(=O)C1=C(C)N=c2s/c(=C\c3ccc(-c4cccc(C(=O)O)c4)o3)c(=O)n2C1c1c(OC)ccc2ccccc12. The number of carboxylic acid groups (broad SMARTS) is 1. The number of ether oxygens (including phenoxy) is 2. The first-order valence-electron chi connectivity index (χ1n) is 14.5. The van der Waals surface area contributed by atoms with Crippen molar-refractivity contribution >= 4 is 40.1 Å². The molecule has 0 aliphatic carbocycles. The predicted molar refractivity (Wildman–Crippen MR) is 175 cm³/mol. The fraction of sp³-hybridized carbons (Fsp3) is 0.200. The molecule has 1 atom stereocenters. The Hall–Kier alpha value is -5.26. The molecule has 3 aromatic carbocycles. The summed E-state index contributed by atoms with van der Waals surface area (Å²) >= 11 is 1.18. The van der Waals surface area contributed by atoms with Crippen LogP contribution in [0.15, 0.2) is 98.3 Å². The van der Waals surface area contributed by atoms with Gasteiger partial charge in [-0.3, -0.25) is 9.36 Å². The Morgan fingerprint density at radius 1 is 1.07 bits per heavy atom. The molecule has 0 spiro atoms. The van der Waals surface area contributed by atoms with Crippen LogP contribution in [0.4, 0.5) is 0 Å². The zero-order valence-electron chi connectivity index (χ0n) is 25.6. The third kappa shape index (κ3) is 6.15. The molecule has 3 heterocycles. The Labute approximate surface area is 267 Å². The Morgan fingerprint density at radius 3 is 2.54 bits per heavy atom. The summed E-state index contributed by atoms with van der Waals surface area (Å²) < 4.78 is 19.1. The smallest absolute Gasteiger partial charge is 0.338 e. The number of rotatable bonds is 7. The Balaban J connectivity index is 0.00000134. The number of carbonyl (C=O) groups excluding carboxylic acids is 1. The maximum atomic E-state index is 14.1. The second-order valence-electron chi connectivity index (χ2n) is 10.1. The molecule has 0 bridgehead atoms. The van der Waals surface area contributed by atoms with Gasteiger partial charge in [-0.05, 0) is 61.9 Å². The normalized spacial score (nSPS) is 14.3. The number of aromatic carboxylic acids is 1. The van der Waals surface area contributed by atoms with E-state index in [0.29, 0.717) is 43.4 Å². The quantitative estimate of drug-likeness (QED) is 0.239. The molecule has 2 aromatic heterocycles. The highest BCUT2D eigenvalue weighted by Gasteiger charge is 2.36. The van der Waals surface area contributed by atoms with Gasteiger partial charge in [-0.1, -0.05) is 53.8 Å². The van der Waals surface area contributed by atoms with Crippen LogP contribution < -0.4 is 19.6 Å². The van der Waals surface area contributed by atoms with Gasteiger partial charge in [0.15, 0.2) is 4.80 Å². The molecule has 5 aromatic rings. The minimum atomic E-state index is -1.04. The van der Waals surface area contributed by atoms with Gasteiger partial charge < -0.3 is 24.1 Å². The van der Waals surface area contributed by atoms with Crippen molar-refractivity contribution in [2.75, 3.05) is 20.3 Å². The number of aliphatic hydroxyl groups excluding tert-OH is 1. The maximum Gasteiger partial charge on any atom is 0.338 e. The number of benzene rings is 3. The fourth-order valence-corrected chi connectivity index (χ4v) is 6.35. The fourth-order valence-electron chi connectivity index (χ4n) is 5.32. The van der Waals surface area contributed by atoms with Crippen LogP contribution in [0.5, 0.6) is 5.75 Å². The summed E-state index contributed by atoms with van der Waals surface area (Å²) in [5.41, 5.74) is 1.74. The van der Waals surface area contributed by atoms with Gasteiger partial charge in [0.05, 0.1) is 35.1 Å². The molecule has 10 nitrogen and oxygen atoms in total. The molecule has 0 radical (unpaired) electrons. The van der Waals surface area contributed by atoms with Crippen molar-refractivity contribution in [3.63, 3.8) is 0 Å². The Kier molecular flexibility index (Phi) is 9.64. The molecule has 1 aliphatic rings. The highest BCUT2D eigenvalue weighted by molar-refractivity contribution is 7.07. The van der Waals surface area contributed by atoms with Crippen LogP contribution in [-0.2, 0) is 9.53 Å². The van der Waals surface area contributed by atoms with E-state index >= 15 is 0 Å². The number of carboxylic acids is 1. The zero-order valence-corrected chi connectivity index (χ0v) is 26.5. The number of allylic oxidation sites excluding steroid dienone is 1. The molecule has 2 N–H and O–H groups in total. The molecule has 236 valence electrons. The van der Waals surface area contributed by atoms with E-state index < -0.39 is 18.0 Å². The number of nitrogens with zero attached hydrogens (tertiary/aromatic N) is 2. The largest absolute Gasteiger partial charge is 0.496 e. The van der Waals surface area contributed by atoms with E-state index in [9.17, 15) is 19.5 Å². The van der Waals surface area contributed by atoms with Crippen LogP contribution in [0.25, 0.3) is 28.2 Å². The number of aromatic nitrogens is 1. The van der Waals surface area contributed by atoms with E-state index in [-0.39, 0.29) is 29.9 Å². The van der Waals surface area contributed by atoms with Crippen molar-refractivity contribution in [3.05, 3.63) is 121 Å². The number of methoxy groups -OCH3 is 1. The Bertz CT molecular complexity index is 2150. The molecule has 1 aliphatic heterocycles. The topological polar surface area (TPSA) is 141 Å². The molecule has 6 rings (SSSR count). The third-order valence-corrected chi connectivity index (χ3v) is 8.22. The minimum absolute atomic E-state index is 0.139. The number of aliphatic hydroxyl groups is 1. The monoisotopic (exact) mass is 640 g/mol. The lowest BCUT2D eigenvalue weighted by Gasteiger charge is -2.27. The summed E-state index contributed by atoms with van der Waals surface area (Å²) in [6.07, 6.45) is 1.62. The van der Waals surface area contributed by atoms with Gasteiger partial charge in [0.1, 0.15) is 23.3 Å². The number of hydrogen-bond acceptors (Lipinski definition) is 9. The summed E-state index contributed by atoms with van der Waals surface area (Å²) in [5, 5.41) is 18.7. The molecular weight excluding hydrogens is 608 g/mol. The molecule has 11 heteroatoms. The number of esters is 1. The number of furan rings is 1. The lowest BCUT2D eigenvalue weighted by molar-refractivity contribution is -0.139. The van der Waals surface area contributed by atoms with Crippen molar-refractivity contribution < 1.29 is 33.7 Å². The van der Waals surface area contributed by atoms with Gasteiger partial charge in [0.2, 0.25) is 0 Å². The van der Waals surface area contributed by atoms with Gasteiger partial charge in [-0.2, -0.15) is 0 Å². The van der Waals surface area contributed by atoms with Crippen LogP contribution in [-0.4, -0.2) is 47.0 Å². The van der Waals surface area contributed by atoms with E-state index in [1.54, 1.807) is 58.2 Å². The second kappa shape index (κ2) is 13.8. The van der Waals surface area contributed by atoms with Gasteiger partial charge in [0.25, 0.3) is 5.56 Å². The van der Waals surface area contributed by atoms with Gasteiger partial charge >= 0.3 is 11.9 Å². The lowest BCUT2D eigenvalue weighted by Crippen LogP contribution is -2.40. The molecule has 0 saturated carbocycles. The van der Waals surface area contributed by atoms with Gasteiger partial charge in [-0.25, -0.2) is 14.6 Å². The van der Waals surface area contributed by atoms with Crippen molar-refractivity contribution in [1.29, 1.82) is 0 Å². The number of carbonyl (C=O) groups is 2. The van der Waals surface area contributed by atoms with E-state index in [1.165, 1.54) is 28.0 Å². The number of hydrogen-bond donors (Lipinski definition) is 2. The van der Waals surface area contributed by atoms with Crippen LogP contribution in [0.3, 0.4) is 0 Å². The molecule has 1 unspecified atom stereocenters. The minimum Gasteiger partial charge on any atom is -0.496 e. The summed E-state index contributed by atoms with van der Waals surface area (Å²) in [7, 11) is 1.55. The average molecular weight is 641 g/mol. The maximum absolute atomic E-state index is 14.1. The summed E-state index contributed by atoms with van der Waals surface area (Å²) in [5.74, 6) is -0.210. The van der Waals surface area contributed by atoms with Crippen LogP contribution in [0.1, 0.15) is 48.5 Å². The highest BCUT2D eigenvalue weighted by Crippen LogP contribution is 2.40. The average Bonchev–Trinajstić information content (AvgIpc) is 3.64. The Morgan fingerprint density at radius 2 is 1.83 bits per heavy atom. The van der Waals surface area contributed by atoms with E-state index in [2.05, 4.69) is 4.99 Å². The van der Waals surface area contributed by atoms with E-state index in [0.717, 1.165) is 10.8 Å². The van der Waals surface area contributed by atoms with Crippen LogP contribution in [0.2, 0.25) is 0 Å². The zero-order chi connectivity index (χ0) is 33.0. The molecule has 0 amide bonds. The first kappa shape index (κ1) is 32.1. The first-order valence-corrected chi connectivity index (χ1v) is 15.3. The number of thiazole rings is 1. The van der Waals surface area contributed by atoms with Crippen LogP contribution in [0, 0.1) is 0 Å². The van der Waals surface area contributed by atoms with E-state index in [1.807, 2.05) is 36.4 Å². The third-order valence-electron chi connectivity index (χ3n) is 7.24. The van der Waals surface area contributed by atoms with Crippen molar-refractivity contribution in [2.24, 2.45) is 4.99 Å². The number of fused-ring (bicyclic) bond motifs is 2. The standard InChI is InChI=1S/C33H26N2O7S.C2H6O/c1-4-41-32(39)27-18(2)34-33-35(29(27)28-23-11-6-5-8-19(23)12-14-25(28)40-3)30(36)26(43-33)17-22-13-15-24(42-22)20-9-7-10-21(16-20)31(37)38;1-2-3/h5-17,29H,4H2,1-3H3,(H,37,38);3H,2H2,1H3/b26-17-;. The van der Waals surface area contributed by atoms with Gasteiger partial charge in [-0.15, -0.1) is 0 Å².